The molecule has 0 radical (unpaired) electrons. The minimum absolute atomic E-state index is 0.00516. The van der Waals surface area contributed by atoms with Gasteiger partial charge in [0.2, 0.25) is 11.8 Å². The van der Waals surface area contributed by atoms with Gasteiger partial charge in [-0.05, 0) is 61.4 Å². The first-order valence-corrected chi connectivity index (χ1v) is 14.5. The van der Waals surface area contributed by atoms with Crippen LogP contribution in [0.5, 0.6) is 0 Å². The summed E-state index contributed by atoms with van der Waals surface area (Å²) in [5, 5.41) is 3.75. The van der Waals surface area contributed by atoms with E-state index in [1.165, 1.54) is 23.1 Å². The molecule has 0 bridgehead atoms. The van der Waals surface area contributed by atoms with Crippen LogP contribution < -0.4 is 9.62 Å². The Bertz CT molecular complexity index is 1390. The maximum absolute atomic E-state index is 13.8. The number of rotatable bonds is 11. The molecule has 3 aromatic carbocycles. The Kier molecular flexibility index (Phi) is 10.4. The predicted octanol–water partition coefficient (Wildman–Crippen LogP) is 5.79. The molecule has 0 fully saturated rings. The van der Waals surface area contributed by atoms with Crippen molar-refractivity contribution in [1.29, 1.82) is 0 Å². The molecule has 0 saturated carbocycles. The largest absolute Gasteiger partial charge is 0.354 e. The van der Waals surface area contributed by atoms with Crippen molar-refractivity contribution in [2.24, 2.45) is 0 Å². The maximum Gasteiger partial charge on any atom is 0.264 e. The molecule has 2 amide bonds. The Balaban J connectivity index is 2.02. The number of benzene rings is 3. The number of anilines is 1. The van der Waals surface area contributed by atoms with Gasteiger partial charge in [0.25, 0.3) is 10.0 Å². The summed E-state index contributed by atoms with van der Waals surface area (Å²) >= 11 is 18.4. The summed E-state index contributed by atoms with van der Waals surface area (Å²) in [5.41, 5.74) is 0.843. The smallest absolute Gasteiger partial charge is 0.264 e. The van der Waals surface area contributed by atoms with Crippen LogP contribution in [0.3, 0.4) is 0 Å². The summed E-state index contributed by atoms with van der Waals surface area (Å²) in [6, 6.07) is 18.0. The van der Waals surface area contributed by atoms with Crippen LogP contribution in [0.25, 0.3) is 0 Å². The summed E-state index contributed by atoms with van der Waals surface area (Å²) < 4.78 is 28.4. The molecular formula is C27H28Cl3N3O4S. The number of carbonyl (C=O) groups is 2. The molecule has 0 aliphatic carbocycles. The minimum atomic E-state index is -4.16. The second-order valence-corrected chi connectivity index (χ2v) is 11.7. The average molecular weight is 597 g/mol. The van der Waals surface area contributed by atoms with Crippen molar-refractivity contribution in [1.82, 2.24) is 10.2 Å². The molecule has 11 heteroatoms. The van der Waals surface area contributed by atoms with Crippen molar-refractivity contribution in [2.75, 3.05) is 17.4 Å². The molecule has 0 aliphatic heterocycles. The molecule has 3 rings (SSSR count). The van der Waals surface area contributed by atoms with Gasteiger partial charge >= 0.3 is 0 Å². The van der Waals surface area contributed by atoms with Crippen LogP contribution in [0.4, 0.5) is 5.69 Å². The molecule has 38 heavy (non-hydrogen) atoms. The van der Waals surface area contributed by atoms with Crippen molar-refractivity contribution in [3.63, 3.8) is 0 Å². The highest BCUT2D eigenvalue weighted by Crippen LogP contribution is 2.27. The number of hydrogen-bond donors (Lipinski definition) is 1. The minimum Gasteiger partial charge on any atom is -0.354 e. The average Bonchev–Trinajstić information content (AvgIpc) is 2.90. The van der Waals surface area contributed by atoms with E-state index in [9.17, 15) is 18.0 Å². The van der Waals surface area contributed by atoms with Gasteiger partial charge in [0, 0.05) is 18.1 Å². The van der Waals surface area contributed by atoms with Gasteiger partial charge in [-0.3, -0.25) is 13.9 Å². The maximum atomic E-state index is 13.8. The standard InChI is InChI=1S/C27H28Cl3N3O4S/c1-3-14-31-27(35)19(2)32(17-20-12-13-24(29)25(30)15-20)26(34)18-33(22-9-7-8-21(28)16-22)38(36,37)23-10-5-4-6-11-23/h4-13,15-16,19H,3,14,17-18H2,1-2H3,(H,31,35). The number of halogens is 3. The molecule has 0 saturated heterocycles. The van der Waals surface area contributed by atoms with E-state index in [1.807, 2.05) is 6.92 Å². The van der Waals surface area contributed by atoms with E-state index in [-0.39, 0.29) is 23.0 Å². The summed E-state index contributed by atoms with van der Waals surface area (Å²) in [5.74, 6) is -0.949. The Labute approximate surface area is 238 Å². The molecule has 7 nitrogen and oxygen atoms in total. The molecular weight excluding hydrogens is 569 g/mol. The summed E-state index contributed by atoms with van der Waals surface area (Å²) in [6.45, 7) is 3.39. The summed E-state index contributed by atoms with van der Waals surface area (Å²) in [4.78, 5) is 28.0. The van der Waals surface area contributed by atoms with E-state index in [0.29, 0.717) is 27.2 Å². The molecule has 1 N–H and O–H groups in total. The fraction of sp³-hybridized carbons (Fsp3) is 0.259. The van der Waals surface area contributed by atoms with Gasteiger partial charge in [0.05, 0.1) is 20.6 Å². The Morgan fingerprint density at radius 2 is 1.63 bits per heavy atom. The molecule has 0 aliphatic rings. The molecule has 0 spiro atoms. The van der Waals surface area contributed by atoms with Gasteiger partial charge in [-0.25, -0.2) is 8.42 Å². The number of sulfonamides is 1. The number of nitrogens with one attached hydrogen (secondary N) is 1. The van der Waals surface area contributed by atoms with Gasteiger partial charge in [-0.15, -0.1) is 0 Å². The van der Waals surface area contributed by atoms with E-state index < -0.39 is 28.5 Å². The highest BCUT2D eigenvalue weighted by atomic mass is 35.5. The number of amides is 2. The summed E-state index contributed by atoms with van der Waals surface area (Å²) in [6.07, 6.45) is 0.719. The fourth-order valence-electron chi connectivity index (χ4n) is 3.69. The predicted molar refractivity (Wildman–Crippen MR) is 152 cm³/mol. The molecule has 3 aromatic rings. The highest BCUT2D eigenvalue weighted by molar-refractivity contribution is 7.92. The van der Waals surface area contributed by atoms with E-state index >= 15 is 0 Å². The topological polar surface area (TPSA) is 86.8 Å². The first-order chi connectivity index (χ1) is 18.0. The van der Waals surface area contributed by atoms with Crippen molar-refractivity contribution in [3.05, 3.63) is 93.4 Å². The monoisotopic (exact) mass is 595 g/mol. The number of hydrogen-bond acceptors (Lipinski definition) is 4. The van der Waals surface area contributed by atoms with Gasteiger partial charge in [0.15, 0.2) is 0 Å². The van der Waals surface area contributed by atoms with Crippen molar-refractivity contribution in [3.8, 4) is 0 Å². The van der Waals surface area contributed by atoms with Crippen LogP contribution in [-0.2, 0) is 26.2 Å². The van der Waals surface area contributed by atoms with Gasteiger partial charge in [-0.1, -0.05) is 72.1 Å². The zero-order valence-corrected chi connectivity index (χ0v) is 24.0. The SMILES string of the molecule is CCCNC(=O)C(C)N(Cc1ccc(Cl)c(Cl)c1)C(=O)CN(c1cccc(Cl)c1)S(=O)(=O)c1ccccc1. The summed E-state index contributed by atoms with van der Waals surface area (Å²) in [7, 11) is -4.16. The third-order valence-electron chi connectivity index (χ3n) is 5.76. The fourth-order valence-corrected chi connectivity index (χ4v) is 5.63. The third-order valence-corrected chi connectivity index (χ3v) is 8.52. The normalized spacial score (nSPS) is 12.0. The van der Waals surface area contributed by atoms with Crippen molar-refractivity contribution >= 4 is 62.3 Å². The zero-order chi connectivity index (χ0) is 27.9. The lowest BCUT2D eigenvalue weighted by Crippen LogP contribution is -2.51. The number of nitrogens with zero attached hydrogens (tertiary/aromatic N) is 2. The van der Waals surface area contributed by atoms with E-state index in [2.05, 4.69) is 5.32 Å². The lowest BCUT2D eigenvalue weighted by atomic mass is 10.1. The zero-order valence-electron chi connectivity index (χ0n) is 20.9. The van der Waals surface area contributed by atoms with E-state index in [1.54, 1.807) is 61.5 Å². The third kappa shape index (κ3) is 7.41. The lowest BCUT2D eigenvalue weighted by molar-refractivity contribution is -0.139. The molecule has 1 unspecified atom stereocenters. The van der Waals surface area contributed by atoms with Crippen LogP contribution in [-0.4, -0.2) is 44.3 Å². The first kappa shape index (κ1) is 29.8. The first-order valence-electron chi connectivity index (χ1n) is 11.9. The highest BCUT2D eigenvalue weighted by Gasteiger charge is 2.32. The molecule has 0 heterocycles. The van der Waals surface area contributed by atoms with Crippen LogP contribution in [0.15, 0.2) is 77.7 Å². The van der Waals surface area contributed by atoms with E-state index in [4.69, 9.17) is 34.8 Å². The number of carbonyl (C=O) groups excluding carboxylic acids is 2. The second kappa shape index (κ2) is 13.3. The van der Waals surface area contributed by atoms with Crippen LogP contribution in [0.1, 0.15) is 25.8 Å². The molecule has 0 aromatic heterocycles. The molecule has 1 atom stereocenters. The van der Waals surface area contributed by atoms with Gasteiger partial charge < -0.3 is 10.2 Å². The second-order valence-electron chi connectivity index (χ2n) is 8.54. The van der Waals surface area contributed by atoms with E-state index in [0.717, 1.165) is 10.7 Å². The Hall–Kier alpha value is -2.78. The van der Waals surface area contributed by atoms with Crippen LogP contribution >= 0.6 is 34.8 Å². The van der Waals surface area contributed by atoms with Gasteiger partial charge in [-0.2, -0.15) is 0 Å². The van der Waals surface area contributed by atoms with Crippen LogP contribution in [0, 0.1) is 0 Å². The lowest BCUT2D eigenvalue weighted by Gasteiger charge is -2.32. The van der Waals surface area contributed by atoms with Crippen LogP contribution in [0.2, 0.25) is 15.1 Å². The quantitative estimate of drug-likeness (QED) is 0.304. The van der Waals surface area contributed by atoms with Crippen molar-refractivity contribution in [2.45, 2.75) is 37.8 Å². The van der Waals surface area contributed by atoms with Gasteiger partial charge in [0.1, 0.15) is 12.6 Å². The Morgan fingerprint density at radius 1 is 0.921 bits per heavy atom. The Morgan fingerprint density at radius 3 is 2.26 bits per heavy atom. The van der Waals surface area contributed by atoms with Crippen molar-refractivity contribution < 1.29 is 18.0 Å². The molecule has 202 valence electrons.